The van der Waals surface area contributed by atoms with Crippen molar-refractivity contribution in [2.24, 2.45) is 0 Å². The molecule has 1 aromatic rings. The zero-order valence-electron chi connectivity index (χ0n) is 10.3. The molecule has 0 heterocycles. The van der Waals surface area contributed by atoms with Crippen molar-refractivity contribution in [2.45, 2.75) is 6.42 Å². The van der Waals surface area contributed by atoms with Gasteiger partial charge in [0.1, 0.15) is 0 Å². The summed E-state index contributed by atoms with van der Waals surface area (Å²) < 4.78 is 4.84. The van der Waals surface area contributed by atoms with Gasteiger partial charge in [-0.05, 0) is 24.3 Å². The van der Waals surface area contributed by atoms with E-state index in [0.717, 1.165) is 0 Å². The van der Waals surface area contributed by atoms with E-state index >= 15 is 0 Å². The molecule has 0 bridgehead atoms. The second kappa shape index (κ2) is 6.61. The van der Waals surface area contributed by atoms with E-state index in [4.69, 9.17) is 9.84 Å². The maximum Gasteiger partial charge on any atom is 0.409 e. The van der Waals surface area contributed by atoms with E-state index in [1.807, 2.05) is 0 Å². The molecule has 0 unspecified atom stereocenters. The first-order valence-corrected chi connectivity index (χ1v) is 5.40. The normalized spacial score (nSPS) is 9.89. The lowest BCUT2D eigenvalue weighted by Crippen LogP contribution is -2.26. The van der Waals surface area contributed by atoms with Crippen LogP contribution in [0.4, 0.5) is 16.2 Å². The van der Waals surface area contributed by atoms with Crippen LogP contribution in [0.3, 0.4) is 0 Å². The van der Waals surface area contributed by atoms with Crippen molar-refractivity contribution in [3.63, 3.8) is 0 Å². The molecule has 0 fully saturated rings. The van der Waals surface area contributed by atoms with E-state index in [2.05, 4.69) is 5.32 Å². The Morgan fingerprint density at radius 3 is 2.44 bits per heavy atom. The predicted octanol–water partition coefficient (Wildman–Crippen LogP) is 1.78. The number of methoxy groups -OCH3 is 1. The van der Waals surface area contributed by atoms with Gasteiger partial charge in [-0.15, -0.1) is 0 Å². The van der Waals surface area contributed by atoms with Crippen LogP contribution in [0, 0.1) is 0 Å². The molecule has 0 aromatic heterocycles. The van der Waals surface area contributed by atoms with Crippen molar-refractivity contribution >= 4 is 23.4 Å². The van der Waals surface area contributed by atoms with Crippen molar-refractivity contribution in [3.05, 3.63) is 24.3 Å². The van der Waals surface area contributed by atoms with E-state index in [-0.39, 0.29) is 5.91 Å². The number of amides is 2. The third kappa shape index (κ3) is 4.06. The Balaban J connectivity index is 2.66. The van der Waals surface area contributed by atoms with Crippen LogP contribution in [0.2, 0.25) is 0 Å². The Bertz CT molecular complexity index is 417. The number of nitrogens with zero attached hydrogens (tertiary/aromatic N) is 1. The zero-order chi connectivity index (χ0) is 13.5. The van der Waals surface area contributed by atoms with E-state index in [0.29, 0.717) is 24.4 Å². The summed E-state index contributed by atoms with van der Waals surface area (Å²) >= 11 is 0. The summed E-state index contributed by atoms with van der Waals surface area (Å²) in [6.45, 7) is 0.377. The number of benzene rings is 1. The summed E-state index contributed by atoms with van der Waals surface area (Å²) in [5, 5.41) is 10.8. The number of anilines is 2. The van der Waals surface area contributed by atoms with Crippen molar-refractivity contribution in [1.29, 1.82) is 0 Å². The van der Waals surface area contributed by atoms with Gasteiger partial charge in [0.25, 0.3) is 0 Å². The highest BCUT2D eigenvalue weighted by Crippen LogP contribution is 2.17. The highest BCUT2D eigenvalue weighted by atomic mass is 16.5. The molecule has 2 amide bonds. The van der Waals surface area contributed by atoms with Crippen LogP contribution in [0.1, 0.15) is 6.42 Å². The van der Waals surface area contributed by atoms with Gasteiger partial charge in [0.05, 0.1) is 13.0 Å². The summed E-state index contributed by atoms with van der Waals surface area (Å²) in [6.07, 6.45) is -0.811. The van der Waals surface area contributed by atoms with Gasteiger partial charge in [-0.1, -0.05) is 0 Å². The van der Waals surface area contributed by atoms with Crippen molar-refractivity contribution in [1.82, 2.24) is 0 Å². The molecule has 0 aliphatic carbocycles. The number of rotatable bonds is 5. The number of carboxylic acid groups (broad SMARTS) is 1. The molecule has 1 rings (SSSR count). The third-order valence-corrected chi connectivity index (χ3v) is 2.40. The average Bonchev–Trinajstić information content (AvgIpc) is 2.35. The molecule has 0 aliphatic heterocycles. The summed E-state index contributed by atoms with van der Waals surface area (Å²) in [4.78, 5) is 23.6. The van der Waals surface area contributed by atoms with Crippen LogP contribution in [0.25, 0.3) is 0 Å². The average molecular weight is 252 g/mol. The van der Waals surface area contributed by atoms with E-state index < -0.39 is 6.09 Å². The molecule has 1 aromatic carbocycles. The quantitative estimate of drug-likeness (QED) is 0.837. The molecular formula is C12H16N2O4. The highest BCUT2D eigenvalue weighted by Gasteiger charge is 2.10. The molecule has 0 aliphatic rings. The molecule has 0 spiro atoms. The Labute approximate surface area is 105 Å². The molecule has 18 heavy (non-hydrogen) atoms. The first-order valence-electron chi connectivity index (χ1n) is 5.40. The van der Waals surface area contributed by atoms with Gasteiger partial charge in [0, 0.05) is 25.5 Å². The smallest absolute Gasteiger partial charge is 0.409 e. The zero-order valence-corrected chi connectivity index (χ0v) is 10.3. The fourth-order valence-corrected chi connectivity index (χ4v) is 1.39. The van der Waals surface area contributed by atoms with Crippen LogP contribution in [-0.2, 0) is 9.53 Å². The minimum Gasteiger partial charge on any atom is -0.465 e. The van der Waals surface area contributed by atoms with E-state index in [1.165, 1.54) is 4.90 Å². The minimum absolute atomic E-state index is 0.0595. The van der Waals surface area contributed by atoms with Gasteiger partial charge < -0.3 is 14.7 Å². The van der Waals surface area contributed by atoms with Crippen molar-refractivity contribution < 1.29 is 19.4 Å². The molecule has 0 saturated carbocycles. The van der Waals surface area contributed by atoms with Gasteiger partial charge >= 0.3 is 6.09 Å². The van der Waals surface area contributed by atoms with Gasteiger partial charge in [0.2, 0.25) is 5.91 Å². The summed E-state index contributed by atoms with van der Waals surface area (Å²) in [7, 11) is 3.21. The molecule has 6 heteroatoms. The molecular weight excluding hydrogens is 236 g/mol. The number of carbonyl (C=O) groups excluding carboxylic acids is 1. The number of nitrogens with one attached hydrogen (secondary N) is 1. The molecule has 98 valence electrons. The second-order valence-corrected chi connectivity index (χ2v) is 3.67. The predicted molar refractivity (Wildman–Crippen MR) is 68.0 cm³/mol. The number of carbonyl (C=O) groups is 2. The fraction of sp³-hybridized carbons (Fsp3) is 0.333. The van der Waals surface area contributed by atoms with E-state index in [9.17, 15) is 9.59 Å². The van der Waals surface area contributed by atoms with Gasteiger partial charge in [0.15, 0.2) is 0 Å². The number of hydrogen-bond donors (Lipinski definition) is 2. The van der Waals surface area contributed by atoms with Crippen molar-refractivity contribution in [2.75, 3.05) is 31.0 Å². The SMILES string of the molecule is COCCC(=O)N(C)c1ccc(NC(=O)O)cc1. The Morgan fingerprint density at radius 2 is 1.94 bits per heavy atom. The lowest BCUT2D eigenvalue weighted by atomic mass is 10.2. The topological polar surface area (TPSA) is 78.9 Å². The largest absolute Gasteiger partial charge is 0.465 e. The van der Waals surface area contributed by atoms with Crippen LogP contribution in [0.5, 0.6) is 0 Å². The lowest BCUT2D eigenvalue weighted by molar-refractivity contribution is -0.119. The Hall–Kier alpha value is -2.08. The third-order valence-electron chi connectivity index (χ3n) is 2.40. The molecule has 6 nitrogen and oxygen atoms in total. The van der Waals surface area contributed by atoms with Crippen molar-refractivity contribution in [3.8, 4) is 0 Å². The van der Waals surface area contributed by atoms with Crippen LogP contribution < -0.4 is 10.2 Å². The Kier molecular flexibility index (Phi) is 5.13. The lowest BCUT2D eigenvalue weighted by Gasteiger charge is -2.17. The van der Waals surface area contributed by atoms with Crippen LogP contribution >= 0.6 is 0 Å². The summed E-state index contributed by atoms with van der Waals surface area (Å²) in [5.41, 5.74) is 1.16. The maximum atomic E-state index is 11.7. The van der Waals surface area contributed by atoms with E-state index in [1.54, 1.807) is 38.4 Å². The maximum absolute atomic E-state index is 11.7. The first kappa shape index (κ1) is 14.0. The van der Waals surface area contributed by atoms with Gasteiger partial charge in [-0.25, -0.2) is 4.79 Å². The summed E-state index contributed by atoms with van der Waals surface area (Å²) in [6, 6.07) is 6.55. The number of hydrogen-bond acceptors (Lipinski definition) is 3. The molecule has 2 N–H and O–H groups in total. The van der Waals surface area contributed by atoms with Gasteiger partial charge in [-0.2, -0.15) is 0 Å². The fourth-order valence-electron chi connectivity index (χ4n) is 1.39. The van der Waals surface area contributed by atoms with Gasteiger partial charge in [-0.3, -0.25) is 10.1 Å². The van der Waals surface area contributed by atoms with Crippen LogP contribution in [-0.4, -0.2) is 37.9 Å². The highest BCUT2D eigenvalue weighted by molar-refractivity contribution is 5.93. The monoisotopic (exact) mass is 252 g/mol. The first-order chi connectivity index (χ1) is 8.54. The standard InChI is InChI=1S/C12H16N2O4/c1-14(11(15)7-8-18-2)10-5-3-9(4-6-10)13-12(16)17/h3-6,13H,7-8H2,1-2H3,(H,16,17). The second-order valence-electron chi connectivity index (χ2n) is 3.67. The minimum atomic E-state index is -1.12. The molecule has 0 saturated heterocycles. The van der Waals surface area contributed by atoms with Crippen LogP contribution in [0.15, 0.2) is 24.3 Å². The molecule has 0 atom stereocenters. The summed E-state index contributed by atoms with van der Waals surface area (Å²) in [5.74, 6) is -0.0595. The number of ether oxygens (including phenoxy) is 1. The Morgan fingerprint density at radius 1 is 1.33 bits per heavy atom. The molecule has 0 radical (unpaired) electrons.